The summed E-state index contributed by atoms with van der Waals surface area (Å²) in [4.78, 5) is 14.5. The van der Waals surface area contributed by atoms with E-state index in [0.29, 0.717) is 0 Å². The lowest BCUT2D eigenvalue weighted by molar-refractivity contribution is -0.133. The molecule has 0 aromatic heterocycles. The number of carbonyl (C=O) groups excluding carboxylic acids is 1. The van der Waals surface area contributed by atoms with E-state index in [4.69, 9.17) is 0 Å². The van der Waals surface area contributed by atoms with Gasteiger partial charge in [0.15, 0.2) is 0 Å². The Balaban J connectivity index is 1.86. The first kappa shape index (κ1) is 15.0. The van der Waals surface area contributed by atoms with Crippen LogP contribution in [0.2, 0.25) is 0 Å². The second-order valence-corrected chi connectivity index (χ2v) is 5.77. The van der Waals surface area contributed by atoms with E-state index < -0.39 is 0 Å². The molecule has 1 heterocycles. The number of carbonyl (C=O) groups is 1. The highest BCUT2D eigenvalue weighted by atomic mass is 16.2. The molecule has 3 nitrogen and oxygen atoms in total. The van der Waals surface area contributed by atoms with Gasteiger partial charge in [0, 0.05) is 19.6 Å². The third-order valence-electron chi connectivity index (χ3n) is 4.15. The Morgan fingerprint density at radius 2 is 1.85 bits per heavy atom. The van der Waals surface area contributed by atoms with Crippen LogP contribution in [-0.2, 0) is 11.3 Å². The molecule has 110 valence electrons. The lowest BCUT2D eigenvalue weighted by atomic mass is 10.1. The van der Waals surface area contributed by atoms with Crippen molar-refractivity contribution >= 4 is 5.91 Å². The topological polar surface area (TPSA) is 32.3 Å². The number of benzene rings is 1. The van der Waals surface area contributed by atoms with E-state index in [9.17, 15) is 4.79 Å². The molecule has 1 saturated heterocycles. The molecule has 1 atom stereocenters. The predicted molar refractivity (Wildman–Crippen MR) is 82.5 cm³/mol. The molecular formula is C17H26N2O. The number of likely N-dealkylation sites (tertiary alicyclic amines) is 1. The van der Waals surface area contributed by atoms with Crippen LogP contribution in [0, 0.1) is 6.92 Å². The average Bonchev–Trinajstić information content (AvgIpc) is 2.74. The Kier molecular flexibility index (Phi) is 5.60. The maximum Gasteiger partial charge on any atom is 0.239 e. The number of amides is 1. The van der Waals surface area contributed by atoms with Gasteiger partial charge in [0.1, 0.15) is 0 Å². The summed E-state index contributed by atoms with van der Waals surface area (Å²) in [5.74, 6) is 0.250. The zero-order valence-corrected chi connectivity index (χ0v) is 12.7. The number of hydrogen-bond donors (Lipinski definition) is 1. The number of nitrogens with one attached hydrogen (secondary N) is 1. The number of aryl methyl sites for hydroxylation is 1. The van der Waals surface area contributed by atoms with E-state index in [0.717, 1.165) is 32.5 Å². The Morgan fingerprint density at radius 1 is 1.20 bits per heavy atom. The van der Waals surface area contributed by atoms with Crippen LogP contribution in [0.4, 0.5) is 0 Å². The minimum absolute atomic E-state index is 0.104. The first-order chi connectivity index (χ1) is 9.68. The van der Waals surface area contributed by atoms with Crippen LogP contribution < -0.4 is 5.32 Å². The maximum atomic E-state index is 12.4. The molecule has 1 aliphatic rings. The summed E-state index contributed by atoms with van der Waals surface area (Å²) in [6.07, 6.45) is 4.82. The largest absolute Gasteiger partial charge is 0.341 e. The van der Waals surface area contributed by atoms with E-state index >= 15 is 0 Å². The summed E-state index contributed by atoms with van der Waals surface area (Å²) >= 11 is 0. The third kappa shape index (κ3) is 4.07. The Labute approximate surface area is 122 Å². The lowest BCUT2D eigenvalue weighted by Crippen LogP contribution is -2.45. The quantitative estimate of drug-likeness (QED) is 0.915. The van der Waals surface area contributed by atoms with Gasteiger partial charge >= 0.3 is 0 Å². The zero-order valence-electron chi connectivity index (χ0n) is 12.7. The molecule has 2 rings (SSSR count). The summed E-state index contributed by atoms with van der Waals surface area (Å²) in [5.41, 5.74) is 2.54. The van der Waals surface area contributed by atoms with E-state index in [-0.39, 0.29) is 11.9 Å². The van der Waals surface area contributed by atoms with Gasteiger partial charge in [-0.2, -0.15) is 0 Å². The SMILES string of the molecule is Cc1ccccc1CNC(C)C(=O)N1CCCCCC1. The maximum absolute atomic E-state index is 12.4. The molecule has 1 aromatic rings. The van der Waals surface area contributed by atoms with E-state index in [2.05, 4.69) is 24.4 Å². The van der Waals surface area contributed by atoms with Crippen LogP contribution in [0.25, 0.3) is 0 Å². The molecule has 1 amide bonds. The Morgan fingerprint density at radius 3 is 2.50 bits per heavy atom. The molecule has 1 N–H and O–H groups in total. The van der Waals surface area contributed by atoms with Crippen LogP contribution in [0.15, 0.2) is 24.3 Å². The van der Waals surface area contributed by atoms with Crippen LogP contribution in [0.5, 0.6) is 0 Å². The lowest BCUT2D eigenvalue weighted by Gasteiger charge is -2.25. The van der Waals surface area contributed by atoms with Crippen molar-refractivity contribution in [3.05, 3.63) is 35.4 Å². The molecule has 1 fully saturated rings. The van der Waals surface area contributed by atoms with Gasteiger partial charge in [-0.3, -0.25) is 4.79 Å². The highest BCUT2D eigenvalue weighted by molar-refractivity contribution is 5.81. The highest BCUT2D eigenvalue weighted by Gasteiger charge is 2.20. The van der Waals surface area contributed by atoms with Gasteiger partial charge in [0.25, 0.3) is 0 Å². The molecule has 1 aromatic carbocycles. The van der Waals surface area contributed by atoms with Gasteiger partial charge < -0.3 is 10.2 Å². The molecule has 0 spiro atoms. The summed E-state index contributed by atoms with van der Waals surface area (Å²) in [6, 6.07) is 8.22. The van der Waals surface area contributed by atoms with Gasteiger partial charge in [-0.25, -0.2) is 0 Å². The first-order valence-electron chi connectivity index (χ1n) is 7.75. The second-order valence-electron chi connectivity index (χ2n) is 5.77. The van der Waals surface area contributed by atoms with Crippen molar-refractivity contribution in [1.29, 1.82) is 0 Å². The molecule has 0 bridgehead atoms. The van der Waals surface area contributed by atoms with Crippen molar-refractivity contribution in [2.24, 2.45) is 0 Å². The first-order valence-corrected chi connectivity index (χ1v) is 7.75. The van der Waals surface area contributed by atoms with Crippen molar-refractivity contribution in [3.8, 4) is 0 Å². The Bertz CT molecular complexity index is 436. The predicted octanol–water partition coefficient (Wildman–Crippen LogP) is 2.88. The van der Waals surface area contributed by atoms with Crippen molar-refractivity contribution in [1.82, 2.24) is 10.2 Å². The molecule has 1 aliphatic heterocycles. The molecular weight excluding hydrogens is 248 g/mol. The zero-order chi connectivity index (χ0) is 14.4. The number of rotatable bonds is 4. The summed E-state index contributed by atoms with van der Waals surface area (Å²) < 4.78 is 0. The monoisotopic (exact) mass is 274 g/mol. The second kappa shape index (κ2) is 7.44. The average molecular weight is 274 g/mol. The van der Waals surface area contributed by atoms with Gasteiger partial charge in [0.2, 0.25) is 5.91 Å². The van der Waals surface area contributed by atoms with Crippen LogP contribution >= 0.6 is 0 Å². The summed E-state index contributed by atoms with van der Waals surface area (Å²) in [5, 5.41) is 3.37. The van der Waals surface area contributed by atoms with Gasteiger partial charge in [-0.1, -0.05) is 37.1 Å². The highest BCUT2D eigenvalue weighted by Crippen LogP contribution is 2.11. The van der Waals surface area contributed by atoms with Crippen molar-refractivity contribution in [2.45, 2.75) is 52.1 Å². The minimum atomic E-state index is -0.104. The fourth-order valence-electron chi connectivity index (χ4n) is 2.72. The van der Waals surface area contributed by atoms with E-state index in [1.807, 2.05) is 24.0 Å². The van der Waals surface area contributed by atoms with Crippen molar-refractivity contribution in [3.63, 3.8) is 0 Å². The van der Waals surface area contributed by atoms with Gasteiger partial charge in [-0.15, -0.1) is 0 Å². The van der Waals surface area contributed by atoms with Crippen LogP contribution in [0.3, 0.4) is 0 Å². The smallest absolute Gasteiger partial charge is 0.239 e. The molecule has 0 saturated carbocycles. The number of hydrogen-bond acceptors (Lipinski definition) is 2. The van der Waals surface area contributed by atoms with Gasteiger partial charge in [0.05, 0.1) is 6.04 Å². The third-order valence-corrected chi connectivity index (χ3v) is 4.15. The standard InChI is InChI=1S/C17H26N2O/c1-14-9-5-6-10-16(14)13-18-15(2)17(20)19-11-7-3-4-8-12-19/h5-6,9-10,15,18H,3-4,7-8,11-13H2,1-2H3. The molecule has 0 aliphatic carbocycles. The van der Waals surface area contributed by atoms with Gasteiger partial charge in [-0.05, 0) is 37.8 Å². The van der Waals surface area contributed by atoms with Crippen LogP contribution in [-0.4, -0.2) is 29.9 Å². The van der Waals surface area contributed by atoms with E-state index in [1.165, 1.54) is 24.0 Å². The summed E-state index contributed by atoms with van der Waals surface area (Å²) in [7, 11) is 0. The Hall–Kier alpha value is -1.35. The van der Waals surface area contributed by atoms with Crippen molar-refractivity contribution in [2.75, 3.05) is 13.1 Å². The molecule has 3 heteroatoms. The van der Waals surface area contributed by atoms with E-state index in [1.54, 1.807) is 0 Å². The molecule has 1 unspecified atom stereocenters. The van der Waals surface area contributed by atoms with Crippen LogP contribution in [0.1, 0.15) is 43.7 Å². The minimum Gasteiger partial charge on any atom is -0.341 e. The summed E-state index contributed by atoms with van der Waals surface area (Å²) in [6.45, 7) is 6.70. The van der Waals surface area contributed by atoms with Crippen molar-refractivity contribution < 1.29 is 4.79 Å². The molecule has 20 heavy (non-hydrogen) atoms. The molecule has 0 radical (unpaired) electrons. The fraction of sp³-hybridized carbons (Fsp3) is 0.588. The number of nitrogens with zero attached hydrogens (tertiary/aromatic N) is 1. The fourth-order valence-corrected chi connectivity index (χ4v) is 2.72. The normalized spacial score (nSPS) is 17.6.